The van der Waals surface area contributed by atoms with Crippen molar-refractivity contribution in [3.8, 4) is 0 Å². The molecule has 0 bridgehead atoms. The zero-order chi connectivity index (χ0) is 17.5. The number of nitrogens with one attached hydrogen (secondary N) is 1. The van der Waals surface area contributed by atoms with Crippen LogP contribution in [0.25, 0.3) is 0 Å². The van der Waals surface area contributed by atoms with Crippen LogP contribution in [0.1, 0.15) is 11.1 Å². The van der Waals surface area contributed by atoms with Crippen molar-refractivity contribution in [2.45, 2.75) is 12.2 Å². The van der Waals surface area contributed by atoms with Crippen molar-refractivity contribution in [1.82, 2.24) is 0 Å². The quantitative estimate of drug-likeness (QED) is 0.798. The molecule has 0 atom stereocenters. The van der Waals surface area contributed by atoms with Gasteiger partial charge in [-0.1, -0.05) is 41.4 Å². The van der Waals surface area contributed by atoms with Crippen LogP contribution in [0, 0.1) is 0 Å². The van der Waals surface area contributed by atoms with Crippen molar-refractivity contribution < 1.29 is 14.7 Å². The van der Waals surface area contributed by atoms with Gasteiger partial charge in [-0.15, -0.1) is 11.8 Å². The summed E-state index contributed by atoms with van der Waals surface area (Å²) in [6, 6.07) is 11.9. The van der Waals surface area contributed by atoms with Crippen molar-refractivity contribution in [3.63, 3.8) is 0 Å². The molecule has 0 radical (unpaired) electrons. The van der Waals surface area contributed by atoms with Crippen molar-refractivity contribution >= 4 is 52.5 Å². The summed E-state index contributed by atoms with van der Waals surface area (Å²) in [6.45, 7) is 0. The van der Waals surface area contributed by atoms with E-state index in [1.165, 1.54) is 11.8 Å². The largest absolute Gasteiger partial charge is 0.550 e. The van der Waals surface area contributed by atoms with Crippen LogP contribution in [0.3, 0.4) is 0 Å². The van der Waals surface area contributed by atoms with Gasteiger partial charge >= 0.3 is 0 Å². The molecule has 0 aromatic heterocycles. The average Bonchev–Trinajstić information content (AvgIpc) is 2.52. The first kappa shape index (κ1) is 18.6. The van der Waals surface area contributed by atoms with Gasteiger partial charge in [0.05, 0.1) is 5.75 Å². The van der Waals surface area contributed by atoms with Gasteiger partial charge in [0.2, 0.25) is 5.91 Å². The molecule has 1 amide bonds. The summed E-state index contributed by atoms with van der Waals surface area (Å²) in [5.41, 5.74) is 2.04. The van der Waals surface area contributed by atoms with E-state index in [0.717, 1.165) is 5.56 Å². The van der Waals surface area contributed by atoms with Crippen LogP contribution in [0.2, 0.25) is 10.0 Å². The van der Waals surface area contributed by atoms with Gasteiger partial charge in [0.25, 0.3) is 0 Å². The van der Waals surface area contributed by atoms with Crippen LogP contribution in [0.15, 0.2) is 42.5 Å². The maximum absolute atomic E-state index is 11.9. The number of hydrogen-bond acceptors (Lipinski definition) is 4. The highest BCUT2D eigenvalue weighted by Crippen LogP contribution is 2.28. The molecule has 0 aliphatic rings. The Morgan fingerprint density at radius 2 is 1.67 bits per heavy atom. The lowest BCUT2D eigenvalue weighted by atomic mass is 10.1. The van der Waals surface area contributed by atoms with Gasteiger partial charge in [0, 0.05) is 33.9 Å². The molecule has 2 aromatic rings. The number of rotatable bonds is 7. The molecule has 0 fully saturated rings. The second kappa shape index (κ2) is 8.97. The van der Waals surface area contributed by atoms with Crippen LogP contribution >= 0.6 is 35.0 Å². The Morgan fingerprint density at radius 3 is 2.25 bits per heavy atom. The number of aliphatic carboxylic acids is 1. The van der Waals surface area contributed by atoms with Crippen LogP contribution in [0.5, 0.6) is 0 Å². The fraction of sp³-hybridized carbons (Fsp3) is 0.176. The summed E-state index contributed by atoms with van der Waals surface area (Å²) < 4.78 is 0. The maximum atomic E-state index is 11.9. The number of carbonyl (C=O) groups is 2. The second-order valence-corrected chi connectivity index (χ2v) is 6.79. The smallest absolute Gasteiger partial charge is 0.234 e. The summed E-state index contributed by atoms with van der Waals surface area (Å²) in [5, 5.41) is 14.4. The zero-order valence-corrected chi connectivity index (χ0v) is 14.9. The Hall–Kier alpha value is -1.69. The highest BCUT2D eigenvalue weighted by atomic mass is 35.5. The van der Waals surface area contributed by atoms with E-state index in [2.05, 4.69) is 5.32 Å². The highest BCUT2D eigenvalue weighted by molar-refractivity contribution is 7.99. The molecule has 0 unspecified atom stereocenters. The Bertz CT molecular complexity index is 715. The lowest BCUT2D eigenvalue weighted by molar-refractivity contribution is -0.304. The molecule has 0 saturated carbocycles. The molecule has 1 N–H and O–H groups in total. The van der Waals surface area contributed by atoms with E-state index >= 15 is 0 Å². The van der Waals surface area contributed by atoms with Crippen LogP contribution in [-0.4, -0.2) is 17.6 Å². The molecule has 0 saturated heterocycles. The van der Waals surface area contributed by atoms with E-state index in [9.17, 15) is 14.7 Å². The third-order valence-corrected chi connectivity index (χ3v) is 4.79. The first-order valence-corrected chi connectivity index (χ1v) is 8.96. The molecule has 126 valence electrons. The molecular formula is C17H14Cl2NO3S-. The van der Waals surface area contributed by atoms with E-state index in [1.807, 2.05) is 0 Å². The third kappa shape index (κ3) is 5.74. The first-order chi connectivity index (χ1) is 11.5. The summed E-state index contributed by atoms with van der Waals surface area (Å²) in [7, 11) is 0. The number of carboxylic acid groups (broad SMARTS) is 1. The molecule has 0 aliphatic heterocycles. The molecule has 0 heterocycles. The van der Waals surface area contributed by atoms with Gasteiger partial charge in [0.15, 0.2) is 0 Å². The Kier molecular flexibility index (Phi) is 6.97. The van der Waals surface area contributed by atoms with E-state index in [-0.39, 0.29) is 18.1 Å². The van der Waals surface area contributed by atoms with Crippen LogP contribution in [-0.2, 0) is 21.8 Å². The molecule has 4 nitrogen and oxygen atoms in total. The molecule has 24 heavy (non-hydrogen) atoms. The lowest BCUT2D eigenvalue weighted by Gasteiger charge is -2.08. The third-order valence-electron chi connectivity index (χ3n) is 3.13. The highest BCUT2D eigenvalue weighted by Gasteiger charge is 2.08. The van der Waals surface area contributed by atoms with Crippen molar-refractivity contribution in [3.05, 3.63) is 63.6 Å². The van der Waals surface area contributed by atoms with Crippen LogP contribution in [0.4, 0.5) is 5.69 Å². The van der Waals surface area contributed by atoms with Crippen molar-refractivity contribution in [2.75, 3.05) is 11.1 Å². The predicted molar refractivity (Wildman–Crippen MR) is 96.4 cm³/mol. The standard InChI is InChI=1S/C17H15Cl2NO3S/c18-14-2-1-3-15(19)13(14)9-24-10-16(21)20-12-6-4-11(5-7-12)8-17(22)23/h1-7H,8-10H2,(H,20,21)(H,22,23)/p-1. The minimum Gasteiger partial charge on any atom is -0.550 e. The SMILES string of the molecule is O=C([O-])Cc1ccc(NC(=O)CSCc2c(Cl)cccc2Cl)cc1. The zero-order valence-electron chi connectivity index (χ0n) is 12.6. The molecular weight excluding hydrogens is 369 g/mol. The molecule has 0 aliphatic carbocycles. The molecule has 7 heteroatoms. The number of amides is 1. The maximum Gasteiger partial charge on any atom is 0.234 e. The van der Waals surface area contributed by atoms with E-state index < -0.39 is 5.97 Å². The Morgan fingerprint density at radius 1 is 1.04 bits per heavy atom. The topological polar surface area (TPSA) is 69.2 Å². The Labute approximate surface area is 154 Å². The number of thioether (sulfide) groups is 1. The summed E-state index contributed by atoms with van der Waals surface area (Å²) in [5.74, 6) is -0.504. The second-order valence-electron chi connectivity index (χ2n) is 4.99. The lowest BCUT2D eigenvalue weighted by Crippen LogP contribution is -2.24. The number of carboxylic acids is 1. The number of halogens is 2. The van der Waals surface area contributed by atoms with E-state index in [1.54, 1.807) is 42.5 Å². The van der Waals surface area contributed by atoms with Crippen molar-refractivity contribution in [2.24, 2.45) is 0 Å². The fourth-order valence-electron chi connectivity index (χ4n) is 1.99. The van der Waals surface area contributed by atoms with Gasteiger partial charge < -0.3 is 15.2 Å². The fourth-order valence-corrected chi connectivity index (χ4v) is 3.55. The number of benzene rings is 2. The normalized spacial score (nSPS) is 10.4. The van der Waals surface area contributed by atoms with Crippen LogP contribution < -0.4 is 10.4 Å². The van der Waals surface area contributed by atoms with Crippen molar-refractivity contribution in [1.29, 1.82) is 0 Å². The molecule has 0 spiro atoms. The summed E-state index contributed by atoms with van der Waals surface area (Å²) in [6.07, 6.45) is -0.150. The van der Waals surface area contributed by atoms with Gasteiger partial charge in [-0.3, -0.25) is 4.79 Å². The predicted octanol–water partition coefficient (Wildman–Crippen LogP) is 3.16. The minimum atomic E-state index is -1.14. The van der Waals surface area contributed by atoms with Gasteiger partial charge in [0.1, 0.15) is 0 Å². The summed E-state index contributed by atoms with van der Waals surface area (Å²) >= 11 is 13.6. The number of hydrogen-bond donors (Lipinski definition) is 1. The van der Waals surface area contributed by atoms with Gasteiger partial charge in [-0.05, 0) is 35.4 Å². The summed E-state index contributed by atoms with van der Waals surface area (Å²) in [4.78, 5) is 22.4. The molecule has 2 rings (SSSR count). The average molecular weight is 383 g/mol. The van der Waals surface area contributed by atoms with Gasteiger partial charge in [-0.2, -0.15) is 0 Å². The van der Waals surface area contributed by atoms with E-state index in [0.29, 0.717) is 27.0 Å². The van der Waals surface area contributed by atoms with E-state index in [4.69, 9.17) is 23.2 Å². The molecule has 2 aromatic carbocycles. The number of anilines is 1. The minimum absolute atomic E-state index is 0.150. The Balaban J connectivity index is 1.82. The number of carbonyl (C=O) groups excluding carboxylic acids is 2. The first-order valence-electron chi connectivity index (χ1n) is 7.05. The van der Waals surface area contributed by atoms with Gasteiger partial charge in [-0.25, -0.2) is 0 Å². The monoisotopic (exact) mass is 382 g/mol.